The number of anilines is 2. The highest BCUT2D eigenvalue weighted by Crippen LogP contribution is 2.25. The summed E-state index contributed by atoms with van der Waals surface area (Å²) in [5.41, 5.74) is 6.02. The summed E-state index contributed by atoms with van der Waals surface area (Å²) in [6.07, 6.45) is 25.6. The summed E-state index contributed by atoms with van der Waals surface area (Å²) < 4.78 is 31.2. The Morgan fingerprint density at radius 1 is 0.519 bits per heavy atom. The van der Waals surface area contributed by atoms with Gasteiger partial charge in [0.15, 0.2) is 24.8 Å². The van der Waals surface area contributed by atoms with Crippen molar-refractivity contribution < 1.29 is 46.8 Å². The third-order valence-electron chi connectivity index (χ3n) is 12.3. The van der Waals surface area contributed by atoms with Gasteiger partial charge in [-0.05, 0) is 149 Å². The molecule has 0 N–H and O–H groups in total. The Labute approximate surface area is 460 Å². The maximum atomic E-state index is 11.8. The van der Waals surface area contributed by atoms with E-state index in [9.17, 15) is 14.4 Å². The molecule has 6 aromatic rings. The van der Waals surface area contributed by atoms with Crippen LogP contribution in [0, 0.1) is 6.92 Å². The molecule has 77 heavy (non-hydrogen) atoms. The molecule has 12 heteroatoms. The Kier molecular flexibility index (Phi) is 32.4. The molecule has 0 fully saturated rings. The quantitative estimate of drug-likeness (QED) is 0.0273. The summed E-state index contributed by atoms with van der Waals surface area (Å²) >= 11 is 0. The van der Waals surface area contributed by atoms with Crippen LogP contribution in [0.25, 0.3) is 33.7 Å². The number of unbranched alkanes of at least 4 members (excludes halogenated alkanes) is 6. The minimum absolute atomic E-state index is 0. The minimum atomic E-state index is -0.403. The van der Waals surface area contributed by atoms with Gasteiger partial charge >= 0.3 is 11.9 Å². The number of benzene rings is 4. The van der Waals surface area contributed by atoms with Crippen LogP contribution in [0.15, 0.2) is 122 Å². The maximum absolute atomic E-state index is 11.8. The highest BCUT2D eigenvalue weighted by molar-refractivity contribution is 5.91. The number of hydrogen-bond donors (Lipinski definition) is 0. The van der Waals surface area contributed by atoms with Crippen LogP contribution < -0.4 is 18.9 Å². The molecule has 0 atom stereocenters. The van der Waals surface area contributed by atoms with Crippen molar-refractivity contribution in [1.82, 2.24) is 0 Å². The Balaban J connectivity index is 0.000000630. The molecule has 0 spiro atoms. The van der Waals surface area contributed by atoms with Gasteiger partial charge < -0.3 is 19.3 Å². The van der Waals surface area contributed by atoms with E-state index >= 15 is 0 Å². The van der Waals surface area contributed by atoms with E-state index in [4.69, 9.17) is 18.6 Å². The topological polar surface area (TPSA) is 83.9 Å². The van der Waals surface area contributed by atoms with Crippen molar-refractivity contribution in [3.05, 3.63) is 144 Å². The molecule has 0 saturated heterocycles. The second-order valence-corrected chi connectivity index (χ2v) is 21.4. The average Bonchev–Trinajstić information content (AvgIpc) is 3.38. The number of carbonyl (C=O) groups excluding carboxylic acids is 3. The van der Waals surface area contributed by atoms with Gasteiger partial charge in [-0.1, -0.05) is 95.5 Å². The lowest BCUT2D eigenvalue weighted by Gasteiger charge is -2.20. The fraction of sp³-hybridized carbons (Fsp3) is 0.462. The van der Waals surface area contributed by atoms with E-state index in [1.165, 1.54) is 58.8 Å². The summed E-state index contributed by atoms with van der Waals surface area (Å²) in [6.45, 7) is 22.1. The monoisotopic (exact) mass is 1070 g/mol. The molecule has 2 aromatic heterocycles. The number of rotatable bonds is 23. The molecule has 6 rings (SSSR count). The van der Waals surface area contributed by atoms with E-state index in [1.807, 2.05) is 59.7 Å². The van der Waals surface area contributed by atoms with E-state index in [1.54, 1.807) is 0 Å². The Morgan fingerprint density at radius 2 is 0.896 bits per heavy atom. The smallest absolute Gasteiger partial charge is 0.306 e. The van der Waals surface area contributed by atoms with Gasteiger partial charge in [0.2, 0.25) is 0 Å². The Hall–Kier alpha value is -6.56. The number of nitrogens with zero attached hydrogens (tertiary/aromatic N) is 4. The van der Waals surface area contributed by atoms with Crippen molar-refractivity contribution in [1.29, 1.82) is 0 Å². The normalized spacial score (nSPS) is 10.9. The van der Waals surface area contributed by atoms with Crippen LogP contribution in [0.1, 0.15) is 167 Å². The number of esters is 2. The lowest BCUT2D eigenvalue weighted by atomic mass is 10.0. The van der Waals surface area contributed by atoms with Crippen LogP contribution in [0.3, 0.4) is 0 Å². The van der Waals surface area contributed by atoms with Gasteiger partial charge in [-0.3, -0.25) is 19.1 Å². The zero-order valence-corrected chi connectivity index (χ0v) is 47.6. The zero-order valence-electron chi connectivity index (χ0n) is 47.6. The number of pyridine rings is 2. The fourth-order valence-corrected chi connectivity index (χ4v) is 8.07. The molecule has 0 unspecified atom stereocenters. The van der Waals surface area contributed by atoms with Crippen LogP contribution in [0.2, 0.25) is 0 Å². The van der Waals surface area contributed by atoms with Crippen molar-refractivity contribution >= 4 is 63.3 Å². The number of ether oxygens (including phenoxy) is 2. The molecule has 0 aliphatic heterocycles. The van der Waals surface area contributed by atoms with Crippen LogP contribution in [-0.4, -0.2) is 56.6 Å². The molecule has 2 heterocycles. The van der Waals surface area contributed by atoms with Crippen molar-refractivity contribution in [3.63, 3.8) is 0 Å². The SMILES string of the molecule is C.CCCC[n+]1ccc(/C=C/c2ccc3cc(N(C)CCCCCC(=O)OC(C)(C)C)ccc3c2)cc1.CCCC[n+]1ccc(C)cc1.CN(CCCCCC(=O)OC(C)(C)C)c1ccc2cc(C=O)ccc2c1.F.FF. The standard InChI is InChI=1S/C32H43N2O2.C22H29NO3.C10H16N.CH4.F2.FH/c1-6-7-21-34-22-18-26(19-23-34)12-13-27-14-15-29-25-30(17-16-28(29)24-27)33(5)20-10-8-9-11-31(35)36-32(2,3)4;1-22(2,3)26-21(25)8-6-5-7-13-23(4)20-12-11-18-14-17(16-24)9-10-19(18)15-20;1-3-4-7-11-8-5-10(2)6-9-11;;1-2;/h12-19,22-25H,6-11,20-21H2,1-5H3;9-12,14-16H,5-8,13H2,1-4H3;5-6,8-9H,3-4,7H2,1-2H3;1H4;;1H/q+1;;+1;;;. The predicted molar refractivity (Wildman–Crippen MR) is 317 cm³/mol. The van der Waals surface area contributed by atoms with Gasteiger partial charge in [0.1, 0.15) is 30.6 Å². The van der Waals surface area contributed by atoms with Gasteiger partial charge in [0, 0.05) is 103 Å². The fourth-order valence-electron chi connectivity index (χ4n) is 8.07. The van der Waals surface area contributed by atoms with Gasteiger partial charge in [-0.2, -0.15) is 0 Å². The highest BCUT2D eigenvalue weighted by atomic mass is 20.0. The van der Waals surface area contributed by atoms with Crippen LogP contribution >= 0.6 is 0 Å². The van der Waals surface area contributed by atoms with E-state index in [0.717, 1.165) is 87.4 Å². The number of aldehydes is 1. The molecule has 9 nitrogen and oxygen atoms in total. The molecule has 0 saturated carbocycles. The number of carbonyl (C=O) groups is 3. The zero-order chi connectivity index (χ0) is 55.2. The lowest BCUT2D eigenvalue weighted by molar-refractivity contribution is -0.697. The Morgan fingerprint density at radius 3 is 1.31 bits per heavy atom. The summed E-state index contributed by atoms with van der Waals surface area (Å²) in [5.74, 6) is -0.214. The number of halogens is 3. The van der Waals surface area contributed by atoms with Crippen LogP contribution in [-0.2, 0) is 32.2 Å². The van der Waals surface area contributed by atoms with E-state index < -0.39 is 11.2 Å². The number of aromatic nitrogens is 2. The second-order valence-electron chi connectivity index (χ2n) is 21.4. The van der Waals surface area contributed by atoms with Crippen LogP contribution in [0.4, 0.5) is 25.2 Å². The largest absolute Gasteiger partial charge is 0.460 e. The first-order valence-corrected chi connectivity index (χ1v) is 27.0. The van der Waals surface area contributed by atoms with E-state index in [-0.39, 0.29) is 24.1 Å². The first-order valence-electron chi connectivity index (χ1n) is 27.0. The van der Waals surface area contributed by atoms with Crippen molar-refractivity contribution in [3.8, 4) is 0 Å². The number of aryl methyl sites for hydroxylation is 3. The average molecular weight is 1070 g/mol. The maximum Gasteiger partial charge on any atom is 0.306 e. The van der Waals surface area contributed by atoms with Gasteiger partial charge in [-0.25, -0.2) is 9.13 Å². The number of fused-ring (bicyclic) bond motifs is 2. The summed E-state index contributed by atoms with van der Waals surface area (Å²) in [5, 5.41) is 4.70. The van der Waals surface area contributed by atoms with Crippen molar-refractivity contribution in [2.24, 2.45) is 0 Å². The second kappa shape index (κ2) is 36.5. The van der Waals surface area contributed by atoms with E-state index in [2.05, 4.69) is 170 Å². The predicted octanol–water partition coefficient (Wildman–Crippen LogP) is 16.1. The minimum Gasteiger partial charge on any atom is -0.460 e. The third-order valence-corrected chi connectivity index (χ3v) is 12.3. The molecule has 4 aromatic carbocycles. The molecule has 422 valence electrons. The van der Waals surface area contributed by atoms with Crippen molar-refractivity contribution in [2.45, 2.75) is 171 Å². The number of hydrogen-bond acceptors (Lipinski definition) is 7. The summed E-state index contributed by atoms with van der Waals surface area (Å²) in [7, 11) is 4.22. The van der Waals surface area contributed by atoms with E-state index in [0.29, 0.717) is 18.4 Å². The molecule has 0 amide bonds. The van der Waals surface area contributed by atoms with Crippen molar-refractivity contribution in [2.75, 3.05) is 37.0 Å². The molecule has 0 aliphatic rings. The van der Waals surface area contributed by atoms with Gasteiger partial charge in [0.25, 0.3) is 0 Å². The first-order chi connectivity index (χ1) is 35.8. The Bertz CT molecular complexity index is 2640. The molecular formula is C65H93F3N4O5+2. The molecule has 0 radical (unpaired) electrons. The third kappa shape index (κ3) is 27.9. The van der Waals surface area contributed by atoms with Gasteiger partial charge in [-0.15, -0.1) is 0 Å². The lowest BCUT2D eigenvalue weighted by Crippen LogP contribution is -2.32. The summed E-state index contributed by atoms with van der Waals surface area (Å²) in [6, 6.07) is 34.0. The van der Waals surface area contributed by atoms with Crippen LogP contribution in [0.5, 0.6) is 0 Å². The first kappa shape index (κ1) is 68.5. The molecule has 0 aliphatic carbocycles. The highest BCUT2D eigenvalue weighted by Gasteiger charge is 2.17. The van der Waals surface area contributed by atoms with Gasteiger partial charge in [0.05, 0.1) is 0 Å². The molecular weight excluding hydrogens is 974 g/mol. The molecule has 0 bridgehead atoms. The summed E-state index contributed by atoms with van der Waals surface area (Å²) in [4.78, 5) is 38.9.